The summed E-state index contributed by atoms with van der Waals surface area (Å²) in [5, 5.41) is 19.7. The third kappa shape index (κ3) is 3.18. The molecule has 1 aromatic rings. The molecule has 0 bridgehead atoms. The predicted octanol–water partition coefficient (Wildman–Crippen LogP) is 1.68. The van der Waals surface area contributed by atoms with Crippen LogP contribution < -0.4 is 4.90 Å². The second kappa shape index (κ2) is 5.64. The second-order valence-electron chi connectivity index (χ2n) is 4.65. The van der Waals surface area contributed by atoms with E-state index in [1.54, 1.807) is 6.07 Å². The predicted molar refractivity (Wildman–Crippen MR) is 68.1 cm³/mol. The van der Waals surface area contributed by atoms with Gasteiger partial charge in [0, 0.05) is 25.7 Å². The Balaban J connectivity index is 2.05. The Hall–Kier alpha value is -2.18. The molecule has 102 valence electrons. The molecular formula is C12H15N3O4. The highest BCUT2D eigenvalue weighted by atomic mass is 16.6. The van der Waals surface area contributed by atoms with Crippen LogP contribution in [0.15, 0.2) is 18.5 Å². The number of aromatic nitrogens is 1. The third-order valence-corrected chi connectivity index (χ3v) is 3.39. The van der Waals surface area contributed by atoms with Crippen molar-refractivity contribution in [3.63, 3.8) is 0 Å². The number of nitrogens with zero attached hydrogens (tertiary/aromatic N) is 3. The first kappa shape index (κ1) is 13.3. The maximum absolute atomic E-state index is 10.9. The largest absolute Gasteiger partial charge is 0.481 e. The Morgan fingerprint density at radius 3 is 2.79 bits per heavy atom. The molecule has 0 aromatic carbocycles. The molecule has 1 aromatic heterocycles. The van der Waals surface area contributed by atoms with Crippen molar-refractivity contribution in [2.45, 2.75) is 19.3 Å². The van der Waals surface area contributed by atoms with Crippen molar-refractivity contribution in [2.75, 3.05) is 18.0 Å². The van der Waals surface area contributed by atoms with E-state index in [0.717, 1.165) is 12.8 Å². The third-order valence-electron chi connectivity index (χ3n) is 3.39. The Bertz CT molecular complexity index is 484. The van der Waals surface area contributed by atoms with Gasteiger partial charge in [-0.3, -0.25) is 19.9 Å². The monoisotopic (exact) mass is 265 g/mol. The zero-order chi connectivity index (χ0) is 13.8. The van der Waals surface area contributed by atoms with Gasteiger partial charge in [-0.05, 0) is 24.8 Å². The van der Waals surface area contributed by atoms with Crippen LogP contribution in [-0.4, -0.2) is 34.1 Å². The van der Waals surface area contributed by atoms with Crippen molar-refractivity contribution in [3.05, 3.63) is 28.6 Å². The normalized spacial score (nSPS) is 16.3. The summed E-state index contributed by atoms with van der Waals surface area (Å²) >= 11 is 0. The molecule has 2 rings (SSSR count). The van der Waals surface area contributed by atoms with Crippen LogP contribution in [0.3, 0.4) is 0 Å². The lowest BCUT2D eigenvalue weighted by molar-refractivity contribution is -0.384. The number of rotatable bonds is 4. The van der Waals surface area contributed by atoms with Crippen LogP contribution in [0.4, 0.5) is 11.4 Å². The number of nitro groups is 1. The van der Waals surface area contributed by atoms with Crippen LogP contribution in [0.5, 0.6) is 0 Å². The Morgan fingerprint density at radius 1 is 1.53 bits per heavy atom. The van der Waals surface area contributed by atoms with E-state index < -0.39 is 10.9 Å². The summed E-state index contributed by atoms with van der Waals surface area (Å²) in [5.41, 5.74) is 0.563. The minimum Gasteiger partial charge on any atom is -0.481 e. The molecule has 0 atom stereocenters. The van der Waals surface area contributed by atoms with Gasteiger partial charge in [-0.2, -0.15) is 0 Å². The molecule has 1 fully saturated rings. The lowest BCUT2D eigenvalue weighted by atomic mass is 9.93. The Labute approximate surface area is 110 Å². The Kier molecular flexibility index (Phi) is 3.94. The minimum atomic E-state index is -0.784. The maximum atomic E-state index is 10.9. The fourth-order valence-corrected chi connectivity index (χ4v) is 2.41. The van der Waals surface area contributed by atoms with Gasteiger partial charge in [0.15, 0.2) is 0 Å². The quantitative estimate of drug-likeness (QED) is 0.657. The van der Waals surface area contributed by atoms with Gasteiger partial charge < -0.3 is 10.0 Å². The highest BCUT2D eigenvalue weighted by Crippen LogP contribution is 2.31. The van der Waals surface area contributed by atoms with Gasteiger partial charge in [0.1, 0.15) is 11.9 Å². The van der Waals surface area contributed by atoms with Crippen molar-refractivity contribution in [2.24, 2.45) is 5.92 Å². The fourth-order valence-electron chi connectivity index (χ4n) is 2.41. The molecule has 7 heteroatoms. The fraction of sp³-hybridized carbons (Fsp3) is 0.500. The first-order valence-electron chi connectivity index (χ1n) is 6.13. The highest BCUT2D eigenvalue weighted by molar-refractivity contribution is 5.67. The number of piperidine rings is 1. The van der Waals surface area contributed by atoms with Crippen molar-refractivity contribution in [1.82, 2.24) is 4.98 Å². The van der Waals surface area contributed by atoms with Crippen LogP contribution in [0, 0.1) is 16.0 Å². The molecule has 1 saturated heterocycles. The Morgan fingerprint density at radius 2 is 2.21 bits per heavy atom. The standard InChI is InChI=1S/C12H15N3O4/c16-12(17)7-9-2-5-14(6-3-9)10-1-4-13-8-11(10)15(18)19/h1,4,8-9H,2-3,5-7H2,(H,16,17). The molecule has 1 aliphatic rings. The number of anilines is 1. The zero-order valence-corrected chi connectivity index (χ0v) is 10.4. The van der Waals surface area contributed by atoms with E-state index in [1.807, 2.05) is 4.90 Å². The highest BCUT2D eigenvalue weighted by Gasteiger charge is 2.25. The zero-order valence-electron chi connectivity index (χ0n) is 10.4. The number of carbonyl (C=O) groups is 1. The molecular weight excluding hydrogens is 250 g/mol. The molecule has 2 heterocycles. The first-order chi connectivity index (χ1) is 9.08. The summed E-state index contributed by atoms with van der Waals surface area (Å²) in [7, 11) is 0. The molecule has 0 unspecified atom stereocenters. The molecule has 7 nitrogen and oxygen atoms in total. The smallest absolute Gasteiger partial charge is 0.310 e. The number of pyridine rings is 1. The summed E-state index contributed by atoms with van der Waals surface area (Å²) in [5.74, 6) is -0.622. The van der Waals surface area contributed by atoms with E-state index in [4.69, 9.17) is 5.11 Å². The van der Waals surface area contributed by atoms with E-state index in [9.17, 15) is 14.9 Å². The number of carboxylic acid groups (broad SMARTS) is 1. The van der Waals surface area contributed by atoms with Gasteiger partial charge in [0.05, 0.1) is 4.92 Å². The van der Waals surface area contributed by atoms with Crippen molar-refractivity contribution < 1.29 is 14.8 Å². The van der Waals surface area contributed by atoms with E-state index in [-0.39, 0.29) is 18.0 Å². The number of carboxylic acids is 1. The van der Waals surface area contributed by atoms with Crippen molar-refractivity contribution in [1.29, 1.82) is 0 Å². The average molecular weight is 265 g/mol. The van der Waals surface area contributed by atoms with E-state index in [0.29, 0.717) is 18.8 Å². The van der Waals surface area contributed by atoms with E-state index in [2.05, 4.69) is 4.98 Å². The van der Waals surface area contributed by atoms with Gasteiger partial charge >= 0.3 is 11.7 Å². The first-order valence-corrected chi connectivity index (χ1v) is 6.13. The summed E-state index contributed by atoms with van der Waals surface area (Å²) in [6.07, 6.45) is 4.44. The molecule has 1 N–H and O–H groups in total. The van der Waals surface area contributed by atoms with E-state index >= 15 is 0 Å². The number of hydrogen-bond donors (Lipinski definition) is 1. The van der Waals surface area contributed by atoms with Crippen LogP contribution in [-0.2, 0) is 4.79 Å². The van der Waals surface area contributed by atoms with Gasteiger partial charge in [0.2, 0.25) is 0 Å². The molecule has 19 heavy (non-hydrogen) atoms. The van der Waals surface area contributed by atoms with Crippen LogP contribution >= 0.6 is 0 Å². The summed E-state index contributed by atoms with van der Waals surface area (Å²) in [4.78, 5) is 26.8. The molecule has 0 aliphatic carbocycles. The summed E-state index contributed by atoms with van der Waals surface area (Å²) in [6.45, 7) is 1.28. The van der Waals surface area contributed by atoms with Crippen LogP contribution in [0.25, 0.3) is 0 Å². The number of aliphatic carboxylic acids is 1. The van der Waals surface area contributed by atoms with Gasteiger partial charge in [0.25, 0.3) is 0 Å². The summed E-state index contributed by atoms with van der Waals surface area (Å²) < 4.78 is 0. The molecule has 0 spiro atoms. The van der Waals surface area contributed by atoms with Crippen LogP contribution in [0.2, 0.25) is 0 Å². The van der Waals surface area contributed by atoms with E-state index in [1.165, 1.54) is 12.4 Å². The van der Waals surface area contributed by atoms with Crippen molar-refractivity contribution in [3.8, 4) is 0 Å². The van der Waals surface area contributed by atoms with Gasteiger partial charge in [-0.25, -0.2) is 0 Å². The molecule has 0 saturated carbocycles. The topological polar surface area (TPSA) is 96.6 Å². The lowest BCUT2D eigenvalue weighted by Gasteiger charge is -2.32. The van der Waals surface area contributed by atoms with Gasteiger partial charge in [-0.15, -0.1) is 0 Å². The van der Waals surface area contributed by atoms with Crippen molar-refractivity contribution >= 4 is 17.3 Å². The summed E-state index contributed by atoms with van der Waals surface area (Å²) in [6, 6.07) is 1.63. The molecule has 0 amide bonds. The molecule has 1 aliphatic heterocycles. The molecule has 0 radical (unpaired) electrons. The van der Waals surface area contributed by atoms with Gasteiger partial charge in [-0.1, -0.05) is 0 Å². The second-order valence-corrected chi connectivity index (χ2v) is 4.65. The van der Waals surface area contributed by atoms with Crippen LogP contribution in [0.1, 0.15) is 19.3 Å². The minimum absolute atomic E-state index is 0.000755. The number of hydrogen-bond acceptors (Lipinski definition) is 5. The SMILES string of the molecule is O=C(O)CC1CCN(c2ccncc2[N+](=O)[O-])CC1. The lowest BCUT2D eigenvalue weighted by Crippen LogP contribution is -2.34. The average Bonchev–Trinajstić information content (AvgIpc) is 2.39. The maximum Gasteiger partial charge on any atom is 0.310 e.